The van der Waals surface area contributed by atoms with Crippen LogP contribution in [0, 0.1) is 21.1 Å². The lowest BCUT2D eigenvalue weighted by Gasteiger charge is -2.28. The van der Waals surface area contributed by atoms with Crippen LogP contribution in [0.2, 0.25) is 0 Å². The Hall–Kier alpha value is 0.0800. The molecule has 0 amide bonds. The van der Waals surface area contributed by atoms with Crippen LogP contribution in [-0.4, -0.2) is 22.7 Å². The van der Waals surface area contributed by atoms with Gasteiger partial charge in [0.25, 0.3) is 5.84 Å². The minimum atomic E-state index is -4.94. The SMILES string of the molecule is CC(C)(C)C[NH+]=C(NC(C)(C)C)C(Br)C(C)(C)C.[O-][Cl+3]([O-])([O-])[O-]. The number of hydrogen-bond acceptors (Lipinski definition) is 4. The van der Waals surface area contributed by atoms with Crippen LogP contribution in [0.15, 0.2) is 0 Å². The molecular formula is C15H32BrClN2O4. The summed E-state index contributed by atoms with van der Waals surface area (Å²) < 4.78 is 34.0. The Morgan fingerprint density at radius 1 is 0.957 bits per heavy atom. The molecule has 0 fully saturated rings. The summed E-state index contributed by atoms with van der Waals surface area (Å²) in [5.74, 6) is 1.19. The second-order valence-corrected chi connectivity index (χ2v) is 10.5. The monoisotopic (exact) mass is 418 g/mol. The van der Waals surface area contributed by atoms with Gasteiger partial charge in [0.2, 0.25) is 0 Å². The highest BCUT2D eigenvalue weighted by atomic mass is 79.9. The highest BCUT2D eigenvalue weighted by molar-refractivity contribution is 9.10. The first-order chi connectivity index (χ1) is 9.72. The number of halogens is 2. The lowest BCUT2D eigenvalue weighted by atomic mass is 9.90. The van der Waals surface area contributed by atoms with Crippen LogP contribution in [0.3, 0.4) is 0 Å². The van der Waals surface area contributed by atoms with E-state index in [-0.39, 0.29) is 16.4 Å². The number of hydrogen-bond donors (Lipinski definition) is 2. The first kappa shape index (κ1) is 25.3. The van der Waals surface area contributed by atoms with Gasteiger partial charge in [-0.2, -0.15) is 0 Å². The van der Waals surface area contributed by atoms with E-state index in [0.29, 0.717) is 4.83 Å². The van der Waals surface area contributed by atoms with Crippen LogP contribution in [0.1, 0.15) is 62.3 Å². The molecule has 0 bridgehead atoms. The summed E-state index contributed by atoms with van der Waals surface area (Å²) in [5.41, 5.74) is 0.519. The molecule has 0 spiro atoms. The van der Waals surface area contributed by atoms with Crippen molar-refractivity contribution in [2.75, 3.05) is 6.54 Å². The van der Waals surface area contributed by atoms with Gasteiger partial charge in [-0.05, 0) is 31.6 Å². The third kappa shape index (κ3) is 20.0. The van der Waals surface area contributed by atoms with E-state index in [1.54, 1.807) is 0 Å². The van der Waals surface area contributed by atoms with Gasteiger partial charge in [-0.3, -0.25) is 10.3 Å². The summed E-state index contributed by atoms with van der Waals surface area (Å²) in [6.07, 6.45) is 0. The molecular weight excluding hydrogens is 388 g/mol. The van der Waals surface area contributed by atoms with Crippen molar-refractivity contribution in [3.05, 3.63) is 0 Å². The fourth-order valence-corrected chi connectivity index (χ4v) is 1.67. The molecule has 0 saturated heterocycles. The topological polar surface area (TPSA) is 118 Å². The molecule has 23 heavy (non-hydrogen) atoms. The second-order valence-electron chi connectivity index (χ2n) is 8.81. The van der Waals surface area contributed by atoms with Gasteiger partial charge in [-0.25, -0.2) is 18.6 Å². The van der Waals surface area contributed by atoms with E-state index in [1.807, 2.05) is 0 Å². The van der Waals surface area contributed by atoms with E-state index < -0.39 is 10.2 Å². The standard InChI is InChI=1S/C15H31BrN2.ClHO4/c1-13(2,3)10-17-12(18-15(7,8)9)11(16)14(4,5)6;2-1(3,4)5/h11H,10H2,1-9H3,(H,17,18);(H,2,3,4,5). The molecule has 0 radical (unpaired) electrons. The molecule has 0 aliphatic heterocycles. The molecule has 1 unspecified atom stereocenters. The summed E-state index contributed by atoms with van der Waals surface area (Å²) in [6, 6.07) is 0. The normalized spacial score (nSPS) is 15.7. The zero-order valence-electron chi connectivity index (χ0n) is 15.7. The Morgan fingerprint density at radius 2 is 1.30 bits per heavy atom. The first-order valence-corrected chi connectivity index (χ1v) is 9.52. The van der Waals surface area contributed by atoms with E-state index in [2.05, 4.69) is 88.6 Å². The molecule has 0 saturated carbocycles. The molecule has 0 aliphatic carbocycles. The molecule has 0 aliphatic rings. The smallest absolute Gasteiger partial charge is 0.257 e. The maximum absolute atomic E-state index is 8.49. The maximum atomic E-state index is 8.49. The Kier molecular flexibility index (Phi) is 9.87. The summed E-state index contributed by atoms with van der Waals surface area (Å²) in [7, 11) is -4.94. The van der Waals surface area contributed by atoms with Crippen LogP contribution in [0.25, 0.3) is 0 Å². The molecule has 140 valence electrons. The lowest BCUT2D eigenvalue weighted by Crippen LogP contribution is -2.82. The molecule has 0 aromatic rings. The molecule has 0 heterocycles. The lowest BCUT2D eigenvalue weighted by molar-refractivity contribution is -2.00. The van der Waals surface area contributed by atoms with E-state index in [4.69, 9.17) is 18.6 Å². The Morgan fingerprint density at radius 3 is 1.52 bits per heavy atom. The molecule has 0 rings (SSSR count). The van der Waals surface area contributed by atoms with E-state index in [1.165, 1.54) is 5.84 Å². The number of nitrogens with one attached hydrogen (secondary N) is 2. The van der Waals surface area contributed by atoms with Gasteiger partial charge in [-0.1, -0.05) is 57.5 Å². The Bertz CT molecular complexity index is 371. The first-order valence-electron chi connectivity index (χ1n) is 7.37. The van der Waals surface area contributed by atoms with Gasteiger partial charge in [0.1, 0.15) is 4.83 Å². The molecule has 8 heteroatoms. The zero-order valence-corrected chi connectivity index (χ0v) is 18.0. The molecule has 0 aromatic carbocycles. The highest BCUT2D eigenvalue weighted by Gasteiger charge is 2.34. The third-order valence-corrected chi connectivity index (χ3v) is 4.16. The summed E-state index contributed by atoms with van der Waals surface area (Å²) >= 11 is 3.82. The molecule has 0 aromatic heterocycles. The van der Waals surface area contributed by atoms with Gasteiger partial charge < -0.3 is 0 Å². The minimum absolute atomic E-state index is 0.0670. The summed E-state index contributed by atoms with van der Waals surface area (Å²) in [6.45, 7) is 21.0. The number of amidine groups is 1. The van der Waals surface area contributed by atoms with Gasteiger partial charge in [-0.15, -0.1) is 10.2 Å². The fraction of sp³-hybridized carbons (Fsp3) is 0.933. The summed E-state index contributed by atoms with van der Waals surface area (Å²) in [5, 5.41) is 3.59. The van der Waals surface area contributed by atoms with Crippen molar-refractivity contribution >= 4 is 21.8 Å². The van der Waals surface area contributed by atoms with Gasteiger partial charge in [0, 0.05) is 0 Å². The van der Waals surface area contributed by atoms with Crippen molar-refractivity contribution in [1.82, 2.24) is 5.32 Å². The van der Waals surface area contributed by atoms with Crippen LogP contribution >= 0.6 is 15.9 Å². The fourth-order valence-electron chi connectivity index (χ4n) is 1.39. The van der Waals surface area contributed by atoms with Crippen molar-refractivity contribution in [2.45, 2.75) is 72.7 Å². The summed E-state index contributed by atoms with van der Waals surface area (Å²) in [4.78, 5) is 3.88. The van der Waals surface area contributed by atoms with Gasteiger partial charge in [0.15, 0.2) is 0 Å². The molecule has 6 nitrogen and oxygen atoms in total. The van der Waals surface area contributed by atoms with Crippen molar-refractivity contribution in [3.63, 3.8) is 0 Å². The predicted octanol–water partition coefficient (Wildman–Crippen LogP) is -2.05. The van der Waals surface area contributed by atoms with Gasteiger partial charge in [0.05, 0.1) is 12.1 Å². The Balaban J connectivity index is 0. The van der Waals surface area contributed by atoms with Crippen molar-refractivity contribution in [3.8, 4) is 0 Å². The van der Waals surface area contributed by atoms with Crippen LogP contribution in [0.4, 0.5) is 0 Å². The van der Waals surface area contributed by atoms with E-state index in [9.17, 15) is 0 Å². The predicted molar refractivity (Wildman–Crippen MR) is 85.4 cm³/mol. The Labute approximate surface area is 151 Å². The second kappa shape index (κ2) is 8.97. The number of rotatable bonds is 2. The highest BCUT2D eigenvalue weighted by Crippen LogP contribution is 2.26. The average Bonchev–Trinajstić information content (AvgIpc) is 2.16. The van der Waals surface area contributed by atoms with E-state index in [0.717, 1.165) is 6.54 Å². The number of alkyl halides is 1. The van der Waals surface area contributed by atoms with Crippen LogP contribution in [-0.2, 0) is 0 Å². The van der Waals surface area contributed by atoms with Crippen molar-refractivity contribution in [1.29, 1.82) is 0 Å². The van der Waals surface area contributed by atoms with Crippen LogP contribution < -0.4 is 28.9 Å². The molecule has 2 N–H and O–H groups in total. The third-order valence-electron chi connectivity index (χ3n) is 2.33. The van der Waals surface area contributed by atoms with Crippen molar-refractivity contribution < 1.29 is 33.9 Å². The quantitative estimate of drug-likeness (QED) is 0.303. The maximum Gasteiger partial charge on any atom is 0.257 e. The molecule has 1 atom stereocenters. The van der Waals surface area contributed by atoms with E-state index >= 15 is 0 Å². The van der Waals surface area contributed by atoms with Gasteiger partial charge >= 0.3 is 0 Å². The van der Waals surface area contributed by atoms with Crippen molar-refractivity contribution in [2.24, 2.45) is 10.8 Å². The zero-order chi connectivity index (χ0) is 19.3. The minimum Gasteiger partial charge on any atom is -0.277 e. The van der Waals surface area contributed by atoms with Crippen LogP contribution in [0.5, 0.6) is 0 Å². The largest absolute Gasteiger partial charge is 0.277 e. The average molecular weight is 420 g/mol.